The lowest BCUT2D eigenvalue weighted by atomic mass is 10.3. The Morgan fingerprint density at radius 1 is 1.43 bits per heavy atom. The van der Waals surface area contributed by atoms with Crippen LogP contribution in [0.25, 0.3) is 0 Å². The predicted molar refractivity (Wildman–Crippen MR) is 56.4 cm³/mol. The molecule has 0 aromatic carbocycles. The minimum Gasteiger partial charge on any atom is -0.469 e. The van der Waals surface area contributed by atoms with Gasteiger partial charge in [-0.2, -0.15) is 0 Å². The number of hydrogen-bond acceptors (Lipinski definition) is 3. The highest BCUT2D eigenvalue weighted by atomic mass is 16.5. The van der Waals surface area contributed by atoms with E-state index in [4.69, 9.17) is 9.15 Å². The molecule has 0 radical (unpaired) electrons. The maximum absolute atomic E-state index is 5.23. The van der Waals surface area contributed by atoms with Crippen molar-refractivity contribution < 1.29 is 9.15 Å². The van der Waals surface area contributed by atoms with E-state index in [0.717, 1.165) is 44.9 Å². The first-order valence-electron chi connectivity index (χ1n) is 5.24. The molecule has 0 saturated heterocycles. The molecular formula is C11H19NO2. The summed E-state index contributed by atoms with van der Waals surface area (Å²) in [5.41, 5.74) is 0. The van der Waals surface area contributed by atoms with Crippen LogP contribution in [0.2, 0.25) is 0 Å². The zero-order chi connectivity index (χ0) is 10.1. The molecule has 1 N–H and O–H groups in total. The van der Waals surface area contributed by atoms with Gasteiger partial charge in [-0.25, -0.2) is 0 Å². The Hall–Kier alpha value is -0.800. The van der Waals surface area contributed by atoms with Crippen LogP contribution in [0.3, 0.4) is 0 Å². The molecule has 0 aliphatic rings. The molecule has 80 valence electrons. The van der Waals surface area contributed by atoms with Crippen molar-refractivity contribution in [1.82, 2.24) is 5.32 Å². The van der Waals surface area contributed by atoms with Crippen molar-refractivity contribution in [3.05, 3.63) is 24.2 Å². The Bertz CT molecular complexity index is 209. The third kappa shape index (κ3) is 5.04. The second-order valence-corrected chi connectivity index (χ2v) is 3.13. The number of hydrogen-bond donors (Lipinski definition) is 1. The molecule has 0 fully saturated rings. The molecule has 1 heterocycles. The Morgan fingerprint density at radius 3 is 3.07 bits per heavy atom. The Labute approximate surface area is 85.4 Å². The molecule has 0 unspecified atom stereocenters. The Kier molecular flexibility index (Phi) is 6.11. The summed E-state index contributed by atoms with van der Waals surface area (Å²) in [6.45, 7) is 5.67. The summed E-state index contributed by atoms with van der Waals surface area (Å²) in [5, 5.41) is 3.34. The van der Waals surface area contributed by atoms with Crippen molar-refractivity contribution >= 4 is 0 Å². The van der Waals surface area contributed by atoms with Gasteiger partial charge in [0.25, 0.3) is 0 Å². The van der Waals surface area contributed by atoms with Crippen LogP contribution in [-0.4, -0.2) is 26.3 Å². The monoisotopic (exact) mass is 197 g/mol. The van der Waals surface area contributed by atoms with Gasteiger partial charge in [-0.15, -0.1) is 0 Å². The van der Waals surface area contributed by atoms with E-state index in [-0.39, 0.29) is 0 Å². The topological polar surface area (TPSA) is 34.4 Å². The van der Waals surface area contributed by atoms with Crippen molar-refractivity contribution in [1.29, 1.82) is 0 Å². The first-order chi connectivity index (χ1) is 6.93. The summed E-state index contributed by atoms with van der Waals surface area (Å²) in [7, 11) is 0. The first-order valence-corrected chi connectivity index (χ1v) is 5.24. The van der Waals surface area contributed by atoms with Gasteiger partial charge >= 0.3 is 0 Å². The fraction of sp³-hybridized carbons (Fsp3) is 0.636. The van der Waals surface area contributed by atoms with Gasteiger partial charge in [0.05, 0.1) is 6.26 Å². The lowest BCUT2D eigenvalue weighted by molar-refractivity contribution is 0.145. The van der Waals surface area contributed by atoms with E-state index in [1.165, 1.54) is 0 Å². The Morgan fingerprint density at radius 2 is 2.36 bits per heavy atom. The zero-order valence-corrected chi connectivity index (χ0v) is 8.79. The molecular weight excluding hydrogens is 178 g/mol. The summed E-state index contributed by atoms with van der Waals surface area (Å²) < 4.78 is 10.4. The molecule has 0 bridgehead atoms. The van der Waals surface area contributed by atoms with Crippen LogP contribution in [0.5, 0.6) is 0 Å². The van der Waals surface area contributed by atoms with Crippen LogP contribution in [0.1, 0.15) is 19.1 Å². The quantitative estimate of drug-likeness (QED) is 0.646. The van der Waals surface area contributed by atoms with E-state index in [1.807, 2.05) is 19.1 Å². The van der Waals surface area contributed by atoms with E-state index in [9.17, 15) is 0 Å². The number of furan rings is 1. The highest BCUT2D eigenvalue weighted by molar-refractivity contribution is 4.98. The highest BCUT2D eigenvalue weighted by Crippen LogP contribution is 1.99. The molecule has 0 amide bonds. The van der Waals surface area contributed by atoms with Gasteiger partial charge in [0, 0.05) is 26.2 Å². The number of ether oxygens (including phenoxy) is 1. The normalized spacial score (nSPS) is 10.6. The number of nitrogens with one attached hydrogen (secondary N) is 1. The summed E-state index contributed by atoms with van der Waals surface area (Å²) in [6, 6.07) is 3.92. The van der Waals surface area contributed by atoms with Gasteiger partial charge in [-0.05, 0) is 32.0 Å². The largest absolute Gasteiger partial charge is 0.469 e. The lowest BCUT2D eigenvalue weighted by Gasteiger charge is -2.03. The summed E-state index contributed by atoms with van der Waals surface area (Å²) >= 11 is 0. The average Bonchev–Trinajstić information content (AvgIpc) is 2.69. The van der Waals surface area contributed by atoms with Crippen molar-refractivity contribution in [3.63, 3.8) is 0 Å². The minimum atomic E-state index is 0.812. The highest BCUT2D eigenvalue weighted by Gasteiger charge is 1.94. The van der Waals surface area contributed by atoms with Crippen molar-refractivity contribution in [3.8, 4) is 0 Å². The van der Waals surface area contributed by atoms with Crippen LogP contribution in [0.4, 0.5) is 0 Å². The van der Waals surface area contributed by atoms with Gasteiger partial charge < -0.3 is 14.5 Å². The van der Waals surface area contributed by atoms with Gasteiger partial charge in [-0.3, -0.25) is 0 Å². The molecule has 0 spiro atoms. The predicted octanol–water partition coefficient (Wildman–Crippen LogP) is 1.84. The maximum Gasteiger partial charge on any atom is 0.105 e. The SMILES string of the molecule is CCOCCCNCCc1ccco1. The smallest absolute Gasteiger partial charge is 0.105 e. The molecule has 0 saturated carbocycles. The molecule has 1 rings (SSSR count). The molecule has 0 aliphatic heterocycles. The molecule has 1 aromatic heterocycles. The van der Waals surface area contributed by atoms with E-state index >= 15 is 0 Å². The van der Waals surface area contributed by atoms with Crippen LogP contribution in [0.15, 0.2) is 22.8 Å². The standard InChI is InChI=1S/C11H19NO2/c1-2-13-9-4-7-12-8-6-11-5-3-10-14-11/h3,5,10,12H,2,4,6-9H2,1H3. The average molecular weight is 197 g/mol. The van der Waals surface area contributed by atoms with Gasteiger partial charge in [0.2, 0.25) is 0 Å². The van der Waals surface area contributed by atoms with Gasteiger partial charge in [-0.1, -0.05) is 0 Å². The fourth-order valence-electron chi connectivity index (χ4n) is 1.23. The first kappa shape index (κ1) is 11.3. The summed E-state index contributed by atoms with van der Waals surface area (Å²) in [6.07, 6.45) is 3.75. The maximum atomic E-state index is 5.23. The van der Waals surface area contributed by atoms with Crippen molar-refractivity contribution in [2.45, 2.75) is 19.8 Å². The van der Waals surface area contributed by atoms with Crippen molar-refractivity contribution in [2.75, 3.05) is 26.3 Å². The summed E-state index contributed by atoms with van der Waals surface area (Å²) in [5.74, 6) is 1.04. The minimum absolute atomic E-state index is 0.812. The lowest BCUT2D eigenvalue weighted by Crippen LogP contribution is -2.19. The molecule has 1 aromatic rings. The second-order valence-electron chi connectivity index (χ2n) is 3.13. The van der Waals surface area contributed by atoms with E-state index < -0.39 is 0 Å². The molecule has 3 nitrogen and oxygen atoms in total. The Balaban J connectivity index is 1.85. The van der Waals surface area contributed by atoms with Crippen LogP contribution >= 0.6 is 0 Å². The van der Waals surface area contributed by atoms with Crippen molar-refractivity contribution in [2.24, 2.45) is 0 Å². The van der Waals surface area contributed by atoms with Crippen LogP contribution in [0, 0.1) is 0 Å². The fourth-order valence-corrected chi connectivity index (χ4v) is 1.23. The molecule has 0 aliphatic carbocycles. The third-order valence-corrected chi connectivity index (χ3v) is 1.97. The molecule has 3 heteroatoms. The molecule has 0 atom stereocenters. The summed E-state index contributed by atoms with van der Waals surface area (Å²) in [4.78, 5) is 0. The van der Waals surface area contributed by atoms with Gasteiger partial charge in [0.15, 0.2) is 0 Å². The van der Waals surface area contributed by atoms with Crippen LogP contribution < -0.4 is 5.32 Å². The molecule has 14 heavy (non-hydrogen) atoms. The van der Waals surface area contributed by atoms with Crippen LogP contribution in [-0.2, 0) is 11.2 Å². The third-order valence-electron chi connectivity index (χ3n) is 1.97. The van der Waals surface area contributed by atoms with E-state index in [1.54, 1.807) is 6.26 Å². The zero-order valence-electron chi connectivity index (χ0n) is 8.79. The number of rotatable bonds is 8. The van der Waals surface area contributed by atoms with E-state index in [0.29, 0.717) is 0 Å². The van der Waals surface area contributed by atoms with E-state index in [2.05, 4.69) is 5.32 Å². The van der Waals surface area contributed by atoms with Gasteiger partial charge in [0.1, 0.15) is 5.76 Å². The second kappa shape index (κ2) is 7.59.